The van der Waals surface area contributed by atoms with Gasteiger partial charge in [0.15, 0.2) is 0 Å². The Morgan fingerprint density at radius 2 is 0.444 bits per heavy atom. The number of unbranched alkanes of at least 4 members (excludes halogenated alkanes) is 18. The minimum absolute atomic E-state index is 0.668. The highest BCUT2D eigenvalue weighted by molar-refractivity contribution is 5.83. The summed E-state index contributed by atoms with van der Waals surface area (Å²) in [5.41, 5.74) is 8.36. The Hall–Kier alpha value is -6.55. The molecule has 0 aliphatic rings. The van der Waals surface area contributed by atoms with Crippen LogP contribution in [0.3, 0.4) is 0 Å². The van der Waals surface area contributed by atoms with Crippen LogP contribution in [0.1, 0.15) is 229 Å². The van der Waals surface area contributed by atoms with Gasteiger partial charge in [-0.1, -0.05) is 157 Å². The van der Waals surface area contributed by atoms with Gasteiger partial charge in [0, 0.05) is 49.3 Å². The molecule has 0 bridgehead atoms. The van der Waals surface area contributed by atoms with Crippen LogP contribution in [0.15, 0.2) is 122 Å². The predicted octanol–water partition coefficient (Wildman–Crippen LogP) is 20.6. The van der Waals surface area contributed by atoms with Gasteiger partial charge in [0.05, 0.1) is 5.69 Å². The number of hydrogen-bond acceptors (Lipinski definition) is 10. The predicted molar refractivity (Wildman–Crippen MR) is 342 cm³/mol. The van der Waals surface area contributed by atoms with Gasteiger partial charge in [0.25, 0.3) is 0 Å². The summed E-state index contributed by atoms with van der Waals surface area (Å²) in [6.07, 6.45) is 46.1. The number of rotatable bonds is 39. The van der Waals surface area contributed by atoms with Crippen molar-refractivity contribution in [2.75, 3.05) is 14.7 Å². The summed E-state index contributed by atoms with van der Waals surface area (Å²) in [4.78, 5) is 43.8. The first-order valence-electron chi connectivity index (χ1n) is 32.1. The second-order valence-electron chi connectivity index (χ2n) is 22.5. The molecule has 0 saturated heterocycles. The molecule has 10 nitrogen and oxygen atoms in total. The van der Waals surface area contributed by atoms with Crippen molar-refractivity contribution < 1.29 is 0 Å². The molecule has 0 aromatic carbocycles. The average molecular weight is 1090 g/mol. The number of aromatic nitrogens is 7. The molecule has 0 saturated carbocycles. The highest BCUT2D eigenvalue weighted by Crippen LogP contribution is 2.43. The Bertz CT molecular complexity index is 2400. The fourth-order valence-corrected chi connectivity index (χ4v) is 10.9. The first kappa shape index (κ1) is 62.1. The van der Waals surface area contributed by atoms with Crippen molar-refractivity contribution in [3.8, 4) is 0 Å². The molecule has 0 aliphatic carbocycles. The van der Waals surface area contributed by atoms with Crippen LogP contribution in [0, 0.1) is 0 Å². The van der Waals surface area contributed by atoms with Gasteiger partial charge in [-0.15, -0.1) is 0 Å². The quantitative estimate of drug-likeness (QED) is 0.0346. The minimum atomic E-state index is 0.668. The summed E-state index contributed by atoms with van der Waals surface area (Å²) in [6.45, 7) is 13.7. The van der Waals surface area contributed by atoms with Crippen LogP contribution in [0.25, 0.3) is 0 Å². The Morgan fingerprint density at radius 3 is 0.654 bits per heavy atom. The standard InChI is InChI=1S/C71H98N10/c1-7-13-19-25-31-57-37-43-72-64(49-57)79(65-50-58(38-44-73-65)32-26-20-14-8-2)63-55-70(80(66-51-59(39-45-74-66)33-27-21-15-9-3)67-52-60(40-46-75-67)34-28-22-16-10-4)78-71(56-63)81(68-53-61(41-47-76-68)35-29-23-17-11-5)69-54-62(42-48-77-69)36-30-24-18-12-6/h37-56H,7-36H2,1-6H3. The van der Waals surface area contributed by atoms with Crippen molar-refractivity contribution in [1.82, 2.24) is 34.9 Å². The van der Waals surface area contributed by atoms with Gasteiger partial charge >= 0.3 is 0 Å². The maximum absolute atomic E-state index is 5.85. The molecule has 0 aliphatic heterocycles. The summed E-state index contributed by atoms with van der Waals surface area (Å²) < 4.78 is 0. The summed E-state index contributed by atoms with van der Waals surface area (Å²) in [7, 11) is 0. The van der Waals surface area contributed by atoms with Crippen LogP contribution >= 0.6 is 0 Å². The smallest absolute Gasteiger partial charge is 0.144 e. The minimum Gasteiger partial charge on any atom is -0.279 e. The van der Waals surface area contributed by atoms with E-state index in [2.05, 4.69) is 141 Å². The molecule has 0 radical (unpaired) electrons. The average Bonchev–Trinajstić information content (AvgIpc) is 3.49. The fraction of sp³-hybridized carbons (Fsp3) is 0.507. The molecule has 7 heterocycles. The number of anilines is 9. The highest BCUT2D eigenvalue weighted by atomic mass is 15.3. The molecule has 0 amide bonds. The zero-order valence-corrected chi connectivity index (χ0v) is 50.7. The number of aryl methyl sites for hydroxylation is 6. The summed E-state index contributed by atoms with van der Waals surface area (Å²) in [5.74, 6) is 6.02. The van der Waals surface area contributed by atoms with E-state index in [0.29, 0.717) is 11.6 Å². The van der Waals surface area contributed by atoms with Crippen LogP contribution < -0.4 is 14.7 Å². The van der Waals surface area contributed by atoms with E-state index < -0.39 is 0 Å². The monoisotopic (exact) mass is 1090 g/mol. The highest BCUT2D eigenvalue weighted by Gasteiger charge is 2.27. The maximum Gasteiger partial charge on any atom is 0.144 e. The maximum atomic E-state index is 5.85. The molecule has 0 fully saturated rings. The van der Waals surface area contributed by atoms with E-state index in [1.165, 1.54) is 149 Å². The van der Waals surface area contributed by atoms with Crippen LogP contribution in [0.5, 0.6) is 0 Å². The summed E-state index contributed by atoms with van der Waals surface area (Å²) in [6, 6.07) is 31.0. The molecule has 0 atom stereocenters. The first-order chi connectivity index (χ1) is 39.9. The first-order valence-corrected chi connectivity index (χ1v) is 32.1. The Kier molecular flexibility index (Phi) is 27.1. The molecule has 0 N–H and O–H groups in total. The Balaban J connectivity index is 1.52. The lowest BCUT2D eigenvalue weighted by Crippen LogP contribution is -2.21. The second kappa shape index (κ2) is 35.3. The van der Waals surface area contributed by atoms with Crippen molar-refractivity contribution in [1.29, 1.82) is 0 Å². The summed E-state index contributed by atoms with van der Waals surface area (Å²) >= 11 is 0. The van der Waals surface area contributed by atoms with Crippen LogP contribution in [-0.4, -0.2) is 34.9 Å². The molecular formula is C71H98N10. The van der Waals surface area contributed by atoms with Crippen LogP contribution in [-0.2, 0) is 38.5 Å². The Morgan fingerprint density at radius 1 is 0.235 bits per heavy atom. The van der Waals surface area contributed by atoms with Gasteiger partial charge in [-0.2, -0.15) is 0 Å². The normalized spacial score (nSPS) is 11.3. The molecular weight excluding hydrogens is 993 g/mol. The van der Waals surface area contributed by atoms with E-state index in [0.717, 1.165) is 118 Å². The number of hydrogen-bond donors (Lipinski definition) is 0. The lowest BCUT2D eigenvalue weighted by atomic mass is 10.1. The molecule has 10 heteroatoms. The zero-order chi connectivity index (χ0) is 56.7. The van der Waals surface area contributed by atoms with E-state index in [-0.39, 0.29) is 0 Å². The third-order valence-corrected chi connectivity index (χ3v) is 15.6. The molecule has 432 valence electrons. The van der Waals surface area contributed by atoms with Crippen molar-refractivity contribution in [2.24, 2.45) is 0 Å². The SMILES string of the molecule is CCCCCCc1ccnc(N(c2cc(N(c3cc(CCCCCC)ccn3)c3cc(CCCCCC)ccn3)nc(N(c3cc(CCCCCC)ccn3)c3cc(CCCCCC)ccn3)c2)c2cc(CCCCCC)ccn2)c1. The molecule has 0 unspecified atom stereocenters. The van der Waals surface area contributed by atoms with Gasteiger partial charge in [-0.3, -0.25) is 14.7 Å². The molecule has 7 rings (SSSR count). The molecule has 0 spiro atoms. The number of nitrogens with zero attached hydrogens (tertiary/aromatic N) is 10. The molecule has 7 aromatic rings. The van der Waals surface area contributed by atoms with Gasteiger partial charge in [0.2, 0.25) is 0 Å². The van der Waals surface area contributed by atoms with E-state index in [4.69, 9.17) is 34.9 Å². The van der Waals surface area contributed by atoms with E-state index in [1.54, 1.807) is 0 Å². The van der Waals surface area contributed by atoms with Gasteiger partial charge in [-0.25, -0.2) is 34.9 Å². The number of pyridine rings is 7. The summed E-state index contributed by atoms with van der Waals surface area (Å²) in [5, 5.41) is 0. The van der Waals surface area contributed by atoms with Gasteiger partial charge in [-0.05, 0) is 183 Å². The van der Waals surface area contributed by atoms with Crippen molar-refractivity contribution in [3.05, 3.63) is 155 Å². The van der Waals surface area contributed by atoms with Crippen molar-refractivity contribution >= 4 is 52.2 Å². The van der Waals surface area contributed by atoms with E-state index in [9.17, 15) is 0 Å². The molecule has 81 heavy (non-hydrogen) atoms. The third kappa shape index (κ3) is 19.8. The van der Waals surface area contributed by atoms with Crippen LogP contribution in [0.4, 0.5) is 52.2 Å². The van der Waals surface area contributed by atoms with Crippen molar-refractivity contribution in [3.63, 3.8) is 0 Å². The lowest BCUT2D eigenvalue weighted by Gasteiger charge is -2.30. The van der Waals surface area contributed by atoms with Gasteiger partial charge in [0.1, 0.15) is 46.5 Å². The lowest BCUT2D eigenvalue weighted by molar-refractivity contribution is 0.666. The van der Waals surface area contributed by atoms with Crippen LogP contribution in [0.2, 0.25) is 0 Å². The topological polar surface area (TPSA) is 100.0 Å². The van der Waals surface area contributed by atoms with E-state index in [1.807, 2.05) is 37.2 Å². The fourth-order valence-electron chi connectivity index (χ4n) is 10.9. The largest absolute Gasteiger partial charge is 0.279 e. The zero-order valence-electron chi connectivity index (χ0n) is 50.7. The van der Waals surface area contributed by atoms with E-state index >= 15 is 0 Å². The van der Waals surface area contributed by atoms with Gasteiger partial charge < -0.3 is 0 Å². The van der Waals surface area contributed by atoms with Crippen molar-refractivity contribution in [2.45, 2.75) is 234 Å². The molecule has 7 aromatic heterocycles. The second-order valence-corrected chi connectivity index (χ2v) is 22.5. The third-order valence-electron chi connectivity index (χ3n) is 15.6. The Labute approximate surface area is 489 Å².